The first-order chi connectivity index (χ1) is 8.22. The largest absolute Gasteiger partial charge is 0.493 e. The zero-order valence-electron chi connectivity index (χ0n) is 9.32. The van der Waals surface area contributed by atoms with Crippen molar-refractivity contribution in [3.63, 3.8) is 0 Å². The molecule has 1 aromatic heterocycles. The van der Waals surface area contributed by atoms with Gasteiger partial charge in [0.2, 0.25) is 0 Å². The van der Waals surface area contributed by atoms with Gasteiger partial charge in [-0.1, -0.05) is 6.07 Å². The Bertz CT molecular complexity index is 484. The van der Waals surface area contributed by atoms with Gasteiger partial charge in [-0.2, -0.15) is 11.3 Å². The van der Waals surface area contributed by atoms with Gasteiger partial charge in [0.15, 0.2) is 0 Å². The minimum atomic E-state index is -0.103. The molecule has 0 saturated carbocycles. The van der Waals surface area contributed by atoms with Crippen molar-refractivity contribution in [3.8, 4) is 5.75 Å². The third-order valence-corrected chi connectivity index (χ3v) is 4.21. The number of thiophene rings is 1. The van der Waals surface area contributed by atoms with Gasteiger partial charge in [0.1, 0.15) is 5.75 Å². The number of hydrogen-bond donors (Lipinski definition) is 0. The quantitative estimate of drug-likeness (QED) is 0.696. The Balaban J connectivity index is 2.25. The zero-order chi connectivity index (χ0) is 12.3. The van der Waals surface area contributed by atoms with Crippen LogP contribution < -0.4 is 4.74 Å². The van der Waals surface area contributed by atoms with Crippen molar-refractivity contribution in [1.82, 2.24) is 0 Å². The fourth-order valence-corrected chi connectivity index (χ4v) is 3.10. The smallest absolute Gasteiger partial charge is 0.133 e. The first-order valence-corrected chi connectivity index (χ1v) is 7.48. The second kappa shape index (κ2) is 5.89. The molecule has 0 bridgehead atoms. The molecule has 0 spiro atoms. The van der Waals surface area contributed by atoms with Gasteiger partial charge in [-0.3, -0.25) is 0 Å². The van der Waals surface area contributed by atoms with Crippen LogP contribution in [0.1, 0.15) is 23.4 Å². The zero-order valence-corrected chi connectivity index (χ0v) is 12.5. The predicted molar refractivity (Wildman–Crippen MR) is 77.3 cm³/mol. The second-order valence-electron chi connectivity index (χ2n) is 3.54. The van der Waals surface area contributed by atoms with Crippen LogP contribution in [0.4, 0.5) is 0 Å². The molecule has 2 aromatic rings. The molecule has 1 aromatic carbocycles. The van der Waals surface area contributed by atoms with Crippen molar-refractivity contribution < 1.29 is 4.74 Å². The van der Waals surface area contributed by atoms with Gasteiger partial charge < -0.3 is 4.74 Å². The van der Waals surface area contributed by atoms with E-state index in [1.165, 1.54) is 0 Å². The number of ether oxygens (including phenoxy) is 1. The van der Waals surface area contributed by atoms with Gasteiger partial charge in [-0.05, 0) is 62.9 Å². The van der Waals surface area contributed by atoms with E-state index in [0.29, 0.717) is 6.61 Å². The maximum atomic E-state index is 6.42. The lowest BCUT2D eigenvalue weighted by Gasteiger charge is -2.11. The molecular weight excluding hydrogens is 320 g/mol. The Hall–Kier alpha value is -0.510. The summed E-state index contributed by atoms with van der Waals surface area (Å²) in [5, 5.41) is 4.00. The minimum absolute atomic E-state index is 0.103. The number of halogens is 2. The van der Waals surface area contributed by atoms with Crippen LogP contribution in [0.15, 0.2) is 39.5 Å². The molecule has 1 heterocycles. The summed E-state index contributed by atoms with van der Waals surface area (Å²) in [4.78, 5) is 0. The fourth-order valence-electron chi connectivity index (χ4n) is 1.56. The molecule has 4 heteroatoms. The molecule has 90 valence electrons. The number of benzene rings is 1. The average Bonchev–Trinajstić information content (AvgIpc) is 2.84. The average molecular weight is 332 g/mol. The topological polar surface area (TPSA) is 9.23 Å². The van der Waals surface area contributed by atoms with Gasteiger partial charge in [0.05, 0.1) is 16.5 Å². The van der Waals surface area contributed by atoms with Gasteiger partial charge in [-0.15, -0.1) is 11.6 Å². The molecule has 1 nitrogen and oxygen atoms in total. The van der Waals surface area contributed by atoms with Crippen LogP contribution in [0.2, 0.25) is 0 Å². The van der Waals surface area contributed by atoms with Gasteiger partial charge in [0, 0.05) is 0 Å². The summed E-state index contributed by atoms with van der Waals surface area (Å²) < 4.78 is 6.42. The van der Waals surface area contributed by atoms with Crippen LogP contribution in [0.3, 0.4) is 0 Å². The lowest BCUT2D eigenvalue weighted by atomic mass is 10.1. The lowest BCUT2D eigenvalue weighted by Crippen LogP contribution is -1.95. The van der Waals surface area contributed by atoms with E-state index in [1.807, 2.05) is 36.6 Å². The molecule has 2 rings (SSSR count). The molecule has 0 N–H and O–H groups in total. The van der Waals surface area contributed by atoms with E-state index in [-0.39, 0.29) is 5.38 Å². The summed E-state index contributed by atoms with van der Waals surface area (Å²) in [6.45, 7) is 2.63. The standard InChI is InChI=1S/C13H12BrClOS/c1-2-16-12-4-3-9(7-11(12)14)13(15)10-5-6-17-8-10/h3-8,13H,2H2,1H3. The molecule has 1 unspecified atom stereocenters. The van der Waals surface area contributed by atoms with Crippen LogP contribution in [-0.2, 0) is 0 Å². The first-order valence-electron chi connectivity index (χ1n) is 5.30. The summed E-state index contributed by atoms with van der Waals surface area (Å²) >= 11 is 11.6. The van der Waals surface area contributed by atoms with Crippen molar-refractivity contribution in [2.45, 2.75) is 12.3 Å². The number of rotatable bonds is 4. The normalized spacial score (nSPS) is 12.4. The molecule has 0 saturated heterocycles. The first kappa shape index (κ1) is 12.9. The van der Waals surface area contributed by atoms with Crippen molar-refractivity contribution in [3.05, 3.63) is 50.6 Å². The molecule has 0 radical (unpaired) electrons. The molecule has 0 amide bonds. The number of hydrogen-bond acceptors (Lipinski definition) is 2. The minimum Gasteiger partial charge on any atom is -0.493 e. The Kier molecular flexibility index (Phi) is 4.48. The van der Waals surface area contributed by atoms with Crippen molar-refractivity contribution in [2.24, 2.45) is 0 Å². The number of alkyl halides is 1. The predicted octanol–water partition coefficient (Wildman–Crippen LogP) is 5.24. The highest BCUT2D eigenvalue weighted by Gasteiger charge is 2.13. The fraction of sp³-hybridized carbons (Fsp3) is 0.231. The van der Waals surface area contributed by atoms with Crippen LogP contribution in [0.5, 0.6) is 5.75 Å². The van der Waals surface area contributed by atoms with E-state index in [2.05, 4.69) is 21.3 Å². The molecule has 0 aliphatic rings. The van der Waals surface area contributed by atoms with E-state index in [4.69, 9.17) is 16.3 Å². The van der Waals surface area contributed by atoms with E-state index < -0.39 is 0 Å². The lowest BCUT2D eigenvalue weighted by molar-refractivity contribution is 0.338. The summed E-state index contributed by atoms with van der Waals surface area (Å²) in [5.41, 5.74) is 2.20. The van der Waals surface area contributed by atoms with Crippen molar-refractivity contribution >= 4 is 38.9 Å². The third kappa shape index (κ3) is 3.03. The van der Waals surface area contributed by atoms with Crippen molar-refractivity contribution in [2.75, 3.05) is 6.61 Å². The Morgan fingerprint density at radius 1 is 1.35 bits per heavy atom. The molecule has 1 atom stereocenters. The van der Waals surface area contributed by atoms with E-state index in [0.717, 1.165) is 21.3 Å². The monoisotopic (exact) mass is 330 g/mol. The second-order valence-corrected chi connectivity index (χ2v) is 5.61. The van der Waals surface area contributed by atoms with Crippen LogP contribution in [0.25, 0.3) is 0 Å². The maximum Gasteiger partial charge on any atom is 0.133 e. The summed E-state index contributed by atoms with van der Waals surface area (Å²) in [7, 11) is 0. The molecule has 17 heavy (non-hydrogen) atoms. The Morgan fingerprint density at radius 2 is 2.18 bits per heavy atom. The van der Waals surface area contributed by atoms with Crippen LogP contribution >= 0.6 is 38.9 Å². The summed E-state index contributed by atoms with van der Waals surface area (Å²) in [5.74, 6) is 0.852. The molecule has 0 fully saturated rings. The third-order valence-electron chi connectivity index (χ3n) is 2.38. The van der Waals surface area contributed by atoms with E-state index in [1.54, 1.807) is 11.3 Å². The van der Waals surface area contributed by atoms with Crippen molar-refractivity contribution in [1.29, 1.82) is 0 Å². The highest BCUT2D eigenvalue weighted by atomic mass is 79.9. The summed E-state index contributed by atoms with van der Waals surface area (Å²) in [6, 6.07) is 8.02. The highest BCUT2D eigenvalue weighted by molar-refractivity contribution is 9.10. The summed E-state index contributed by atoms with van der Waals surface area (Å²) in [6.07, 6.45) is 0. The van der Waals surface area contributed by atoms with Crippen LogP contribution in [0, 0.1) is 0 Å². The van der Waals surface area contributed by atoms with Gasteiger partial charge in [-0.25, -0.2) is 0 Å². The Morgan fingerprint density at radius 3 is 2.76 bits per heavy atom. The van der Waals surface area contributed by atoms with Gasteiger partial charge >= 0.3 is 0 Å². The maximum absolute atomic E-state index is 6.42. The molecule has 0 aliphatic heterocycles. The Labute approximate surface area is 119 Å². The SMILES string of the molecule is CCOc1ccc(C(Cl)c2ccsc2)cc1Br. The molecular formula is C13H12BrClOS. The van der Waals surface area contributed by atoms with Gasteiger partial charge in [0.25, 0.3) is 0 Å². The highest BCUT2D eigenvalue weighted by Crippen LogP contribution is 2.34. The van der Waals surface area contributed by atoms with E-state index >= 15 is 0 Å². The van der Waals surface area contributed by atoms with Crippen LogP contribution in [-0.4, -0.2) is 6.61 Å². The van der Waals surface area contributed by atoms with E-state index in [9.17, 15) is 0 Å². The molecule has 0 aliphatic carbocycles.